The highest BCUT2D eigenvalue weighted by molar-refractivity contribution is 9.10. The van der Waals surface area contributed by atoms with Gasteiger partial charge >= 0.3 is 0 Å². The molecule has 4 heteroatoms. The Labute approximate surface area is 130 Å². The lowest BCUT2D eigenvalue weighted by Gasteiger charge is -2.31. The van der Waals surface area contributed by atoms with E-state index in [1.807, 2.05) is 13.1 Å². The van der Waals surface area contributed by atoms with Crippen LogP contribution < -0.4 is 14.8 Å². The van der Waals surface area contributed by atoms with E-state index in [2.05, 4.69) is 27.3 Å². The van der Waals surface area contributed by atoms with Gasteiger partial charge in [0.2, 0.25) is 0 Å². The van der Waals surface area contributed by atoms with Crippen molar-refractivity contribution in [2.45, 2.75) is 38.1 Å². The zero-order valence-electron chi connectivity index (χ0n) is 12.5. The molecule has 1 unspecified atom stereocenters. The van der Waals surface area contributed by atoms with Crippen LogP contribution >= 0.6 is 15.9 Å². The number of ether oxygens (including phenoxy) is 2. The Hall–Kier alpha value is -0.740. The minimum atomic E-state index is 0.326. The molecule has 1 fully saturated rings. The Kier molecular flexibility index (Phi) is 5.73. The van der Waals surface area contributed by atoms with Gasteiger partial charge in [0.25, 0.3) is 0 Å². The molecular weight excluding hydrogens is 318 g/mol. The maximum Gasteiger partial charge on any atom is 0.133 e. The van der Waals surface area contributed by atoms with Crippen LogP contribution in [0.4, 0.5) is 0 Å². The first-order valence-electron chi connectivity index (χ1n) is 7.30. The number of methoxy groups -OCH3 is 2. The molecule has 1 aromatic carbocycles. The summed E-state index contributed by atoms with van der Waals surface area (Å²) in [6.07, 6.45) is 6.60. The summed E-state index contributed by atoms with van der Waals surface area (Å²) in [5.41, 5.74) is 1.20. The van der Waals surface area contributed by atoms with Crippen molar-refractivity contribution in [3.05, 3.63) is 22.2 Å². The molecule has 1 N–H and O–H groups in total. The number of halogens is 1. The van der Waals surface area contributed by atoms with Crippen molar-refractivity contribution < 1.29 is 9.47 Å². The predicted molar refractivity (Wildman–Crippen MR) is 85.6 cm³/mol. The fourth-order valence-electron chi connectivity index (χ4n) is 3.24. The molecule has 1 saturated carbocycles. The van der Waals surface area contributed by atoms with E-state index in [9.17, 15) is 0 Å². The second-order valence-corrected chi connectivity index (χ2v) is 6.25. The van der Waals surface area contributed by atoms with E-state index in [1.54, 1.807) is 14.2 Å². The normalized spacial score (nSPS) is 17.8. The summed E-state index contributed by atoms with van der Waals surface area (Å²) >= 11 is 3.52. The summed E-state index contributed by atoms with van der Waals surface area (Å²) in [4.78, 5) is 0. The van der Waals surface area contributed by atoms with E-state index in [-0.39, 0.29) is 0 Å². The Balaban J connectivity index is 2.36. The Bertz CT molecular complexity index is 444. The third kappa shape index (κ3) is 3.29. The van der Waals surface area contributed by atoms with Crippen molar-refractivity contribution >= 4 is 15.9 Å². The first-order chi connectivity index (χ1) is 9.71. The quantitative estimate of drug-likeness (QED) is 0.865. The molecule has 0 aliphatic heterocycles. The van der Waals surface area contributed by atoms with Crippen molar-refractivity contribution in [3.63, 3.8) is 0 Å². The van der Waals surface area contributed by atoms with Gasteiger partial charge in [0, 0.05) is 11.6 Å². The van der Waals surface area contributed by atoms with E-state index >= 15 is 0 Å². The Morgan fingerprint density at radius 3 is 2.30 bits per heavy atom. The molecule has 0 saturated heterocycles. The van der Waals surface area contributed by atoms with E-state index in [4.69, 9.17) is 9.47 Å². The number of benzene rings is 1. The number of hydrogen-bond acceptors (Lipinski definition) is 3. The minimum Gasteiger partial charge on any atom is -0.496 e. The third-order valence-electron chi connectivity index (χ3n) is 4.27. The molecule has 1 aliphatic carbocycles. The molecule has 1 aliphatic rings. The number of rotatable bonds is 5. The summed E-state index contributed by atoms with van der Waals surface area (Å²) in [5, 5.41) is 3.48. The number of hydrogen-bond donors (Lipinski definition) is 1. The predicted octanol–water partition coefficient (Wildman–Crippen LogP) is 4.31. The monoisotopic (exact) mass is 341 g/mol. The van der Waals surface area contributed by atoms with Crippen molar-refractivity contribution in [2.24, 2.45) is 5.92 Å². The van der Waals surface area contributed by atoms with Crippen LogP contribution in [0.2, 0.25) is 0 Å². The molecule has 0 bridgehead atoms. The Morgan fingerprint density at radius 1 is 1.10 bits per heavy atom. The van der Waals surface area contributed by atoms with Gasteiger partial charge in [-0.3, -0.25) is 0 Å². The van der Waals surface area contributed by atoms with E-state index in [1.165, 1.54) is 37.7 Å². The number of nitrogens with one attached hydrogen (secondary N) is 1. The second kappa shape index (κ2) is 7.32. The maximum absolute atomic E-state index is 5.57. The first-order valence-corrected chi connectivity index (χ1v) is 8.09. The molecule has 0 amide bonds. The lowest BCUT2D eigenvalue weighted by atomic mass is 9.81. The molecule has 112 valence electrons. The molecule has 0 spiro atoms. The lowest BCUT2D eigenvalue weighted by molar-refractivity contribution is 0.274. The summed E-state index contributed by atoms with van der Waals surface area (Å²) < 4.78 is 11.9. The third-order valence-corrected chi connectivity index (χ3v) is 4.89. The SMILES string of the molecule is CNC(c1cc(OC)c(Br)cc1OC)C1CCCCC1. The molecule has 1 atom stereocenters. The van der Waals surface area contributed by atoms with Gasteiger partial charge < -0.3 is 14.8 Å². The van der Waals surface area contributed by atoms with Gasteiger partial charge in [-0.25, -0.2) is 0 Å². The van der Waals surface area contributed by atoms with Gasteiger partial charge in [-0.1, -0.05) is 19.3 Å². The van der Waals surface area contributed by atoms with Crippen LogP contribution in [0.25, 0.3) is 0 Å². The highest BCUT2D eigenvalue weighted by Crippen LogP contribution is 2.41. The van der Waals surface area contributed by atoms with Gasteiger partial charge in [-0.2, -0.15) is 0 Å². The molecule has 20 heavy (non-hydrogen) atoms. The first kappa shape index (κ1) is 15.6. The van der Waals surface area contributed by atoms with E-state index in [0.29, 0.717) is 12.0 Å². The average molecular weight is 342 g/mol. The summed E-state index contributed by atoms with van der Waals surface area (Å²) in [6.45, 7) is 0. The second-order valence-electron chi connectivity index (χ2n) is 5.39. The van der Waals surface area contributed by atoms with Gasteiger partial charge in [0.05, 0.1) is 18.7 Å². The van der Waals surface area contributed by atoms with E-state index < -0.39 is 0 Å². The van der Waals surface area contributed by atoms with Crippen LogP contribution in [0.15, 0.2) is 16.6 Å². The maximum atomic E-state index is 5.57. The van der Waals surface area contributed by atoms with Crippen LogP contribution in [-0.4, -0.2) is 21.3 Å². The van der Waals surface area contributed by atoms with Crippen molar-refractivity contribution in [1.82, 2.24) is 5.32 Å². The standard InChI is InChI=1S/C16H24BrNO2/c1-18-16(11-7-5-4-6-8-11)12-9-15(20-3)13(17)10-14(12)19-2/h9-11,16,18H,4-8H2,1-3H3. The zero-order chi connectivity index (χ0) is 14.5. The average Bonchev–Trinajstić information content (AvgIpc) is 2.50. The van der Waals surface area contributed by atoms with Gasteiger partial charge in [-0.05, 0) is 53.9 Å². The van der Waals surface area contributed by atoms with Gasteiger partial charge in [-0.15, -0.1) is 0 Å². The summed E-state index contributed by atoms with van der Waals surface area (Å²) in [5.74, 6) is 2.45. The molecular formula is C16H24BrNO2. The highest BCUT2D eigenvalue weighted by atomic mass is 79.9. The molecule has 1 aromatic rings. The van der Waals surface area contributed by atoms with Crippen LogP contribution in [0.5, 0.6) is 11.5 Å². The molecule has 0 aromatic heterocycles. The van der Waals surface area contributed by atoms with Crippen molar-refractivity contribution in [3.8, 4) is 11.5 Å². The fraction of sp³-hybridized carbons (Fsp3) is 0.625. The topological polar surface area (TPSA) is 30.5 Å². The summed E-state index contributed by atoms with van der Waals surface area (Å²) in [6, 6.07) is 4.42. The van der Waals surface area contributed by atoms with Crippen LogP contribution in [0.1, 0.15) is 43.7 Å². The van der Waals surface area contributed by atoms with Crippen LogP contribution in [0, 0.1) is 5.92 Å². The smallest absolute Gasteiger partial charge is 0.133 e. The zero-order valence-corrected chi connectivity index (χ0v) is 14.1. The molecule has 3 nitrogen and oxygen atoms in total. The molecule has 2 rings (SSSR count). The van der Waals surface area contributed by atoms with Crippen molar-refractivity contribution in [2.75, 3.05) is 21.3 Å². The van der Waals surface area contributed by atoms with Crippen LogP contribution in [0.3, 0.4) is 0 Å². The Morgan fingerprint density at radius 2 is 1.75 bits per heavy atom. The van der Waals surface area contributed by atoms with Gasteiger partial charge in [0.15, 0.2) is 0 Å². The largest absolute Gasteiger partial charge is 0.496 e. The van der Waals surface area contributed by atoms with Crippen LogP contribution in [-0.2, 0) is 0 Å². The van der Waals surface area contributed by atoms with E-state index in [0.717, 1.165) is 16.0 Å². The molecule has 0 radical (unpaired) electrons. The highest BCUT2D eigenvalue weighted by Gasteiger charge is 2.27. The fourth-order valence-corrected chi connectivity index (χ4v) is 3.72. The molecule has 0 heterocycles. The van der Waals surface area contributed by atoms with Crippen molar-refractivity contribution in [1.29, 1.82) is 0 Å². The lowest BCUT2D eigenvalue weighted by Crippen LogP contribution is -2.27. The van der Waals surface area contributed by atoms with Gasteiger partial charge in [0.1, 0.15) is 11.5 Å². The summed E-state index contributed by atoms with van der Waals surface area (Å²) in [7, 11) is 5.46. The minimum absolute atomic E-state index is 0.326.